The molecule has 0 bridgehead atoms. The number of rotatable bonds is 5. The van der Waals surface area contributed by atoms with Crippen LogP contribution in [0, 0.1) is 5.92 Å². The van der Waals surface area contributed by atoms with Gasteiger partial charge in [-0.25, -0.2) is 4.79 Å². The van der Waals surface area contributed by atoms with E-state index in [-0.39, 0.29) is 24.5 Å². The zero-order chi connectivity index (χ0) is 12.2. The molecule has 92 valence electrons. The highest BCUT2D eigenvalue weighted by Gasteiger charge is 2.34. The van der Waals surface area contributed by atoms with E-state index in [0.29, 0.717) is 5.92 Å². The average molecular weight is 228 g/mol. The molecular formula is C11H20N2O3. The van der Waals surface area contributed by atoms with Crippen molar-refractivity contribution in [2.24, 2.45) is 5.92 Å². The summed E-state index contributed by atoms with van der Waals surface area (Å²) in [7, 11) is 0. The summed E-state index contributed by atoms with van der Waals surface area (Å²) in [5.74, 6) is -0.365. The van der Waals surface area contributed by atoms with Gasteiger partial charge in [-0.15, -0.1) is 0 Å². The van der Waals surface area contributed by atoms with Crippen molar-refractivity contribution in [3.8, 4) is 0 Å². The smallest absolute Gasteiger partial charge is 0.315 e. The van der Waals surface area contributed by atoms with Gasteiger partial charge in [-0.2, -0.15) is 0 Å². The van der Waals surface area contributed by atoms with Gasteiger partial charge in [0.15, 0.2) is 0 Å². The van der Waals surface area contributed by atoms with Crippen LogP contribution in [0.1, 0.15) is 39.5 Å². The monoisotopic (exact) mass is 228 g/mol. The van der Waals surface area contributed by atoms with E-state index in [9.17, 15) is 9.59 Å². The van der Waals surface area contributed by atoms with Gasteiger partial charge in [0.05, 0.1) is 6.42 Å². The summed E-state index contributed by atoms with van der Waals surface area (Å²) in [5, 5.41) is 13.9. The highest BCUT2D eigenvalue weighted by Crippen LogP contribution is 2.35. The molecule has 5 heteroatoms. The van der Waals surface area contributed by atoms with Crippen LogP contribution in [-0.4, -0.2) is 29.2 Å². The van der Waals surface area contributed by atoms with Gasteiger partial charge < -0.3 is 15.7 Å². The van der Waals surface area contributed by atoms with E-state index < -0.39 is 5.97 Å². The summed E-state index contributed by atoms with van der Waals surface area (Å²) in [4.78, 5) is 21.7. The second kappa shape index (κ2) is 5.18. The van der Waals surface area contributed by atoms with Crippen LogP contribution in [0.5, 0.6) is 0 Å². The molecule has 0 aromatic heterocycles. The van der Waals surface area contributed by atoms with Gasteiger partial charge in [-0.05, 0) is 32.6 Å². The molecule has 1 aliphatic carbocycles. The quantitative estimate of drug-likeness (QED) is 0.664. The minimum Gasteiger partial charge on any atom is -0.481 e. The zero-order valence-electron chi connectivity index (χ0n) is 9.88. The number of urea groups is 1. The number of hydrogen-bond donors (Lipinski definition) is 3. The van der Waals surface area contributed by atoms with Crippen LogP contribution in [-0.2, 0) is 4.79 Å². The highest BCUT2D eigenvalue weighted by molar-refractivity contribution is 5.75. The van der Waals surface area contributed by atoms with Crippen LogP contribution < -0.4 is 10.6 Å². The Labute approximate surface area is 95.6 Å². The summed E-state index contributed by atoms with van der Waals surface area (Å²) in [6, 6.07) is -0.279. The van der Waals surface area contributed by atoms with Crippen molar-refractivity contribution in [2.45, 2.75) is 45.1 Å². The minimum atomic E-state index is -0.904. The summed E-state index contributed by atoms with van der Waals surface area (Å²) >= 11 is 0. The first-order chi connectivity index (χ1) is 7.42. The summed E-state index contributed by atoms with van der Waals surface area (Å²) in [6.45, 7) is 4.18. The van der Waals surface area contributed by atoms with E-state index in [1.807, 2.05) is 13.8 Å². The number of aliphatic carboxylic acids is 1. The van der Waals surface area contributed by atoms with Gasteiger partial charge in [0.25, 0.3) is 0 Å². The van der Waals surface area contributed by atoms with Crippen LogP contribution in [0.3, 0.4) is 0 Å². The lowest BCUT2D eigenvalue weighted by Gasteiger charge is -2.40. The van der Waals surface area contributed by atoms with Gasteiger partial charge in [0.1, 0.15) is 0 Å². The zero-order valence-corrected chi connectivity index (χ0v) is 9.88. The predicted octanol–water partition coefficient (Wildman–Crippen LogP) is 1.34. The number of carboxylic acids is 1. The molecule has 0 aliphatic heterocycles. The lowest BCUT2D eigenvalue weighted by atomic mass is 9.73. The summed E-state index contributed by atoms with van der Waals surface area (Å²) in [5.41, 5.74) is -0.203. The van der Waals surface area contributed by atoms with E-state index in [4.69, 9.17) is 5.11 Å². The third-order valence-electron chi connectivity index (χ3n) is 3.19. The van der Waals surface area contributed by atoms with Gasteiger partial charge >= 0.3 is 12.0 Å². The molecule has 1 fully saturated rings. The Morgan fingerprint density at radius 3 is 2.44 bits per heavy atom. The SMILES string of the molecule is CC(C)(NC(=O)NCCC(=O)O)C1CCC1. The maximum absolute atomic E-state index is 11.5. The van der Waals surface area contributed by atoms with E-state index in [0.717, 1.165) is 12.8 Å². The lowest BCUT2D eigenvalue weighted by Crippen LogP contribution is -2.54. The molecule has 0 heterocycles. The Morgan fingerprint density at radius 2 is 2.00 bits per heavy atom. The van der Waals surface area contributed by atoms with Crippen LogP contribution in [0.25, 0.3) is 0 Å². The molecule has 0 aromatic rings. The Bertz CT molecular complexity index is 272. The first-order valence-corrected chi connectivity index (χ1v) is 5.69. The average Bonchev–Trinajstić information content (AvgIpc) is 1.96. The first kappa shape index (κ1) is 12.8. The van der Waals surface area contributed by atoms with E-state index >= 15 is 0 Å². The molecular weight excluding hydrogens is 208 g/mol. The van der Waals surface area contributed by atoms with Crippen molar-refractivity contribution < 1.29 is 14.7 Å². The standard InChI is InChI=1S/C11H20N2O3/c1-11(2,8-4-3-5-8)13-10(16)12-7-6-9(14)15/h8H,3-7H2,1-2H3,(H,14,15)(H2,12,13,16). The van der Waals surface area contributed by atoms with Crippen molar-refractivity contribution in [1.82, 2.24) is 10.6 Å². The highest BCUT2D eigenvalue weighted by atomic mass is 16.4. The van der Waals surface area contributed by atoms with Crippen LogP contribution in [0.15, 0.2) is 0 Å². The normalized spacial score (nSPS) is 16.4. The third-order valence-corrected chi connectivity index (χ3v) is 3.19. The lowest BCUT2D eigenvalue weighted by molar-refractivity contribution is -0.136. The van der Waals surface area contributed by atoms with Crippen molar-refractivity contribution >= 4 is 12.0 Å². The van der Waals surface area contributed by atoms with E-state index in [2.05, 4.69) is 10.6 Å². The van der Waals surface area contributed by atoms with Crippen LogP contribution >= 0.6 is 0 Å². The molecule has 1 aliphatic rings. The van der Waals surface area contributed by atoms with Crippen LogP contribution in [0.4, 0.5) is 4.79 Å². The minimum absolute atomic E-state index is 0.0444. The Hall–Kier alpha value is -1.26. The number of nitrogens with one attached hydrogen (secondary N) is 2. The largest absolute Gasteiger partial charge is 0.481 e. The molecule has 0 atom stereocenters. The van der Waals surface area contributed by atoms with Crippen molar-refractivity contribution in [3.63, 3.8) is 0 Å². The van der Waals surface area contributed by atoms with Gasteiger partial charge in [0.2, 0.25) is 0 Å². The fourth-order valence-electron chi connectivity index (χ4n) is 1.85. The molecule has 0 aromatic carbocycles. The van der Waals surface area contributed by atoms with Crippen molar-refractivity contribution in [1.29, 1.82) is 0 Å². The van der Waals surface area contributed by atoms with Gasteiger partial charge in [-0.1, -0.05) is 6.42 Å². The number of amides is 2. The fraction of sp³-hybridized carbons (Fsp3) is 0.818. The molecule has 5 nitrogen and oxygen atoms in total. The maximum atomic E-state index is 11.5. The molecule has 1 rings (SSSR count). The molecule has 0 saturated heterocycles. The third kappa shape index (κ3) is 3.72. The summed E-state index contributed by atoms with van der Waals surface area (Å²) < 4.78 is 0. The number of hydrogen-bond acceptors (Lipinski definition) is 2. The van der Waals surface area contributed by atoms with Crippen molar-refractivity contribution in [3.05, 3.63) is 0 Å². The van der Waals surface area contributed by atoms with Crippen LogP contribution in [0.2, 0.25) is 0 Å². The molecule has 1 saturated carbocycles. The second-order valence-corrected chi connectivity index (χ2v) is 4.87. The van der Waals surface area contributed by atoms with Gasteiger partial charge in [0, 0.05) is 12.1 Å². The topological polar surface area (TPSA) is 78.4 Å². The summed E-state index contributed by atoms with van der Waals surface area (Å²) in [6.07, 6.45) is 3.50. The molecule has 0 radical (unpaired) electrons. The number of carbonyl (C=O) groups is 2. The molecule has 0 spiro atoms. The maximum Gasteiger partial charge on any atom is 0.315 e. The molecule has 3 N–H and O–H groups in total. The van der Waals surface area contributed by atoms with Gasteiger partial charge in [-0.3, -0.25) is 4.79 Å². The first-order valence-electron chi connectivity index (χ1n) is 5.69. The molecule has 0 unspecified atom stereocenters. The van der Waals surface area contributed by atoms with Crippen molar-refractivity contribution in [2.75, 3.05) is 6.54 Å². The molecule has 16 heavy (non-hydrogen) atoms. The second-order valence-electron chi connectivity index (χ2n) is 4.87. The number of carboxylic acid groups (broad SMARTS) is 1. The Balaban J connectivity index is 2.24. The molecule has 2 amide bonds. The Kier molecular flexibility index (Phi) is 4.15. The predicted molar refractivity (Wildman–Crippen MR) is 60.2 cm³/mol. The fourth-order valence-corrected chi connectivity index (χ4v) is 1.85. The van der Waals surface area contributed by atoms with E-state index in [1.54, 1.807) is 0 Å². The Morgan fingerprint density at radius 1 is 1.38 bits per heavy atom. The number of carbonyl (C=O) groups excluding carboxylic acids is 1. The van der Waals surface area contributed by atoms with E-state index in [1.165, 1.54) is 6.42 Å².